The topological polar surface area (TPSA) is 86.8 Å². The van der Waals surface area contributed by atoms with Crippen molar-refractivity contribution in [2.75, 3.05) is 13.6 Å². The van der Waals surface area contributed by atoms with Crippen LogP contribution in [0.2, 0.25) is 0 Å². The van der Waals surface area contributed by atoms with Crippen LogP contribution < -0.4 is 5.73 Å². The van der Waals surface area contributed by atoms with Crippen LogP contribution in [0.3, 0.4) is 0 Å². The molecule has 88 valence electrons. The first kappa shape index (κ1) is 12.3. The van der Waals surface area contributed by atoms with Gasteiger partial charge in [-0.3, -0.25) is 4.79 Å². The number of likely N-dealkylation sites (N-methyl/N-ethyl adjacent to an activating group) is 1. The fraction of sp³-hybridized carbons (Fsp3) is 0.364. The maximum Gasteiger partial charge on any atom is 0.257 e. The summed E-state index contributed by atoms with van der Waals surface area (Å²) in [4.78, 5) is 13.4. The van der Waals surface area contributed by atoms with Crippen LogP contribution in [0.4, 0.5) is 0 Å². The monoisotopic (exact) mass is 224 g/mol. The van der Waals surface area contributed by atoms with Crippen molar-refractivity contribution < 1.29 is 15.0 Å². The maximum absolute atomic E-state index is 11.9. The minimum absolute atomic E-state index is 0.0800. The second kappa shape index (κ2) is 4.85. The van der Waals surface area contributed by atoms with E-state index in [-0.39, 0.29) is 29.0 Å². The number of aromatic hydroxyl groups is 2. The fourth-order valence-corrected chi connectivity index (χ4v) is 1.25. The zero-order valence-electron chi connectivity index (χ0n) is 9.34. The van der Waals surface area contributed by atoms with E-state index < -0.39 is 0 Å². The van der Waals surface area contributed by atoms with Crippen molar-refractivity contribution in [2.24, 2.45) is 5.73 Å². The van der Waals surface area contributed by atoms with Crippen LogP contribution in [0.15, 0.2) is 18.2 Å². The summed E-state index contributed by atoms with van der Waals surface area (Å²) in [5, 5.41) is 18.6. The highest BCUT2D eigenvalue weighted by Gasteiger charge is 2.19. The lowest BCUT2D eigenvalue weighted by Gasteiger charge is -2.23. The predicted molar refractivity (Wildman–Crippen MR) is 60.4 cm³/mol. The molecule has 0 bridgehead atoms. The summed E-state index contributed by atoms with van der Waals surface area (Å²) >= 11 is 0. The number of nitrogens with zero attached hydrogens (tertiary/aromatic N) is 1. The maximum atomic E-state index is 11.9. The molecule has 0 saturated heterocycles. The molecular formula is C11H16N2O3. The second-order valence-corrected chi connectivity index (χ2v) is 3.70. The van der Waals surface area contributed by atoms with Crippen LogP contribution in [-0.2, 0) is 0 Å². The third kappa shape index (κ3) is 2.43. The number of hydrogen-bond acceptors (Lipinski definition) is 4. The summed E-state index contributed by atoms with van der Waals surface area (Å²) in [6.45, 7) is 2.16. The Hall–Kier alpha value is -1.75. The molecule has 1 aromatic rings. The molecule has 16 heavy (non-hydrogen) atoms. The lowest BCUT2D eigenvalue weighted by atomic mass is 10.1. The van der Waals surface area contributed by atoms with Crippen molar-refractivity contribution in [1.82, 2.24) is 4.90 Å². The highest BCUT2D eigenvalue weighted by molar-refractivity contribution is 5.97. The Morgan fingerprint density at radius 2 is 2.12 bits per heavy atom. The average Bonchev–Trinajstić information content (AvgIpc) is 2.26. The van der Waals surface area contributed by atoms with Gasteiger partial charge in [-0.1, -0.05) is 0 Å². The zero-order valence-corrected chi connectivity index (χ0v) is 9.34. The molecule has 0 aliphatic heterocycles. The first-order valence-corrected chi connectivity index (χ1v) is 4.96. The van der Waals surface area contributed by atoms with Gasteiger partial charge in [0.05, 0.1) is 5.56 Å². The van der Waals surface area contributed by atoms with Crippen LogP contribution in [0.1, 0.15) is 17.3 Å². The Kier molecular flexibility index (Phi) is 3.73. The van der Waals surface area contributed by atoms with Crippen molar-refractivity contribution in [3.8, 4) is 11.5 Å². The lowest BCUT2D eigenvalue weighted by molar-refractivity contribution is 0.0745. The Labute approximate surface area is 94.1 Å². The van der Waals surface area contributed by atoms with E-state index in [9.17, 15) is 9.90 Å². The predicted octanol–water partition coefficient (Wildman–Crippen LogP) is 0.517. The van der Waals surface area contributed by atoms with Gasteiger partial charge in [0, 0.05) is 25.7 Å². The van der Waals surface area contributed by atoms with Crippen LogP contribution >= 0.6 is 0 Å². The van der Waals surface area contributed by atoms with Crippen molar-refractivity contribution >= 4 is 5.91 Å². The number of benzene rings is 1. The van der Waals surface area contributed by atoms with Crippen molar-refractivity contribution in [1.29, 1.82) is 0 Å². The molecule has 5 nitrogen and oxygen atoms in total. The van der Waals surface area contributed by atoms with Gasteiger partial charge in [0.15, 0.2) is 0 Å². The highest BCUT2D eigenvalue weighted by Crippen LogP contribution is 2.23. The smallest absolute Gasteiger partial charge is 0.257 e. The number of nitrogens with two attached hydrogens (primary N) is 1. The number of carbonyl (C=O) groups is 1. The van der Waals surface area contributed by atoms with Gasteiger partial charge in [0.25, 0.3) is 5.91 Å². The van der Waals surface area contributed by atoms with E-state index in [2.05, 4.69) is 0 Å². The van der Waals surface area contributed by atoms with Crippen LogP contribution in [0.5, 0.6) is 11.5 Å². The summed E-state index contributed by atoms with van der Waals surface area (Å²) in [6.07, 6.45) is 0. The van der Waals surface area contributed by atoms with Gasteiger partial charge in [-0.15, -0.1) is 0 Å². The van der Waals surface area contributed by atoms with E-state index in [1.54, 1.807) is 7.05 Å². The molecule has 1 aromatic carbocycles. The first-order valence-electron chi connectivity index (χ1n) is 4.96. The second-order valence-electron chi connectivity index (χ2n) is 3.70. The SMILES string of the molecule is CC(CN)N(C)C(=O)c1ccc(O)cc1O. The van der Waals surface area contributed by atoms with E-state index in [1.807, 2.05) is 6.92 Å². The molecule has 1 atom stereocenters. The van der Waals surface area contributed by atoms with Gasteiger partial charge in [-0.2, -0.15) is 0 Å². The van der Waals surface area contributed by atoms with Gasteiger partial charge in [-0.25, -0.2) is 0 Å². The average molecular weight is 224 g/mol. The number of carbonyl (C=O) groups excluding carboxylic acids is 1. The molecule has 1 unspecified atom stereocenters. The van der Waals surface area contributed by atoms with Crippen LogP contribution in [0.25, 0.3) is 0 Å². The largest absolute Gasteiger partial charge is 0.508 e. The first-order chi connectivity index (χ1) is 7.47. The van der Waals surface area contributed by atoms with E-state index in [0.29, 0.717) is 6.54 Å². The van der Waals surface area contributed by atoms with E-state index in [0.717, 1.165) is 6.07 Å². The zero-order chi connectivity index (χ0) is 12.3. The van der Waals surface area contributed by atoms with Gasteiger partial charge in [-0.05, 0) is 19.1 Å². The number of phenolic OH excluding ortho intramolecular Hbond substituents is 2. The summed E-state index contributed by atoms with van der Waals surface area (Å²) in [5.41, 5.74) is 5.61. The number of phenols is 2. The molecule has 0 heterocycles. The van der Waals surface area contributed by atoms with E-state index >= 15 is 0 Å². The quantitative estimate of drug-likeness (QED) is 0.698. The summed E-state index contributed by atoms with van der Waals surface area (Å²) in [7, 11) is 1.62. The third-order valence-corrected chi connectivity index (χ3v) is 2.53. The van der Waals surface area contributed by atoms with E-state index in [4.69, 9.17) is 10.8 Å². The molecule has 0 fully saturated rings. The van der Waals surface area contributed by atoms with Gasteiger partial charge in [0.2, 0.25) is 0 Å². The molecule has 5 heteroatoms. The Balaban J connectivity index is 2.96. The standard InChI is InChI=1S/C11H16N2O3/c1-7(6-12)13(2)11(16)9-4-3-8(14)5-10(9)15/h3-5,7,14-15H,6,12H2,1-2H3. The fourth-order valence-electron chi connectivity index (χ4n) is 1.25. The summed E-state index contributed by atoms with van der Waals surface area (Å²) in [6, 6.07) is 3.76. The van der Waals surface area contributed by atoms with E-state index in [1.165, 1.54) is 17.0 Å². The summed E-state index contributed by atoms with van der Waals surface area (Å²) in [5.74, 6) is -0.639. The van der Waals surface area contributed by atoms with Gasteiger partial charge >= 0.3 is 0 Å². The van der Waals surface area contributed by atoms with Crippen LogP contribution in [-0.4, -0.2) is 40.7 Å². The minimum atomic E-state index is -0.324. The molecule has 1 amide bonds. The molecule has 0 aliphatic rings. The van der Waals surface area contributed by atoms with Gasteiger partial charge < -0.3 is 20.8 Å². The lowest BCUT2D eigenvalue weighted by Crippen LogP contribution is -2.39. The molecule has 1 rings (SSSR count). The highest BCUT2D eigenvalue weighted by atomic mass is 16.3. The van der Waals surface area contributed by atoms with Crippen molar-refractivity contribution in [2.45, 2.75) is 13.0 Å². The number of rotatable bonds is 3. The molecule has 0 aliphatic carbocycles. The Bertz CT molecular complexity index is 393. The van der Waals surface area contributed by atoms with Crippen molar-refractivity contribution in [3.05, 3.63) is 23.8 Å². The van der Waals surface area contributed by atoms with Gasteiger partial charge in [0.1, 0.15) is 11.5 Å². The minimum Gasteiger partial charge on any atom is -0.508 e. The Morgan fingerprint density at radius 1 is 1.50 bits per heavy atom. The molecular weight excluding hydrogens is 208 g/mol. The van der Waals surface area contributed by atoms with Crippen molar-refractivity contribution in [3.63, 3.8) is 0 Å². The summed E-state index contributed by atoms with van der Waals surface area (Å²) < 4.78 is 0. The van der Waals surface area contributed by atoms with Crippen LogP contribution in [0, 0.1) is 0 Å². The number of amides is 1. The molecule has 0 radical (unpaired) electrons. The number of hydrogen-bond donors (Lipinski definition) is 3. The Morgan fingerprint density at radius 3 is 2.62 bits per heavy atom. The molecule has 0 aromatic heterocycles. The molecule has 0 saturated carbocycles. The third-order valence-electron chi connectivity index (χ3n) is 2.53. The molecule has 0 spiro atoms. The molecule has 4 N–H and O–H groups in total. The normalized spacial score (nSPS) is 12.2.